The molecule has 21 heavy (non-hydrogen) atoms. The van der Waals surface area contributed by atoms with E-state index in [1.807, 2.05) is 0 Å². The van der Waals surface area contributed by atoms with Crippen molar-refractivity contribution in [3.8, 4) is 0 Å². The van der Waals surface area contributed by atoms with Gasteiger partial charge in [-0.15, -0.1) is 0 Å². The molecular weight excluding hydrogens is 256 g/mol. The van der Waals surface area contributed by atoms with E-state index in [4.69, 9.17) is 0 Å². The highest BCUT2D eigenvalue weighted by atomic mass is 15.1. The third-order valence-electron chi connectivity index (χ3n) is 5.64. The van der Waals surface area contributed by atoms with Crippen molar-refractivity contribution in [1.82, 2.24) is 10.2 Å². The highest BCUT2D eigenvalue weighted by Crippen LogP contribution is 2.40. The minimum Gasteiger partial charge on any atom is -0.316 e. The number of hydrogen-bond acceptors (Lipinski definition) is 2. The van der Waals surface area contributed by atoms with Crippen LogP contribution in [-0.2, 0) is 0 Å². The fourth-order valence-corrected chi connectivity index (χ4v) is 4.51. The van der Waals surface area contributed by atoms with Gasteiger partial charge in [0, 0.05) is 19.6 Å². The molecule has 2 nitrogen and oxygen atoms in total. The third-order valence-corrected chi connectivity index (χ3v) is 5.64. The number of rotatable bonds is 8. The molecule has 0 radical (unpaired) electrons. The van der Waals surface area contributed by atoms with Crippen LogP contribution in [0, 0.1) is 23.2 Å². The quantitative estimate of drug-likeness (QED) is 0.723. The number of nitrogens with zero attached hydrogens (tertiary/aromatic N) is 1. The normalized spacial score (nSPS) is 30.9. The summed E-state index contributed by atoms with van der Waals surface area (Å²) in [6, 6.07) is 0. The third kappa shape index (κ3) is 5.56. The molecule has 2 heteroatoms. The molecule has 0 aromatic heterocycles. The van der Waals surface area contributed by atoms with Crippen LogP contribution in [0.4, 0.5) is 0 Å². The molecule has 2 saturated carbocycles. The molecule has 2 aliphatic rings. The lowest BCUT2D eigenvalue weighted by Crippen LogP contribution is -2.47. The Morgan fingerprint density at radius 3 is 2.52 bits per heavy atom. The maximum absolute atomic E-state index is 3.78. The largest absolute Gasteiger partial charge is 0.316 e. The molecule has 2 rings (SSSR count). The zero-order valence-corrected chi connectivity index (χ0v) is 15.0. The van der Waals surface area contributed by atoms with Gasteiger partial charge >= 0.3 is 0 Å². The molecule has 2 fully saturated rings. The minimum absolute atomic E-state index is 0.533. The van der Waals surface area contributed by atoms with Crippen molar-refractivity contribution in [2.24, 2.45) is 23.2 Å². The summed E-state index contributed by atoms with van der Waals surface area (Å²) < 4.78 is 0. The van der Waals surface area contributed by atoms with E-state index in [0.29, 0.717) is 5.41 Å². The topological polar surface area (TPSA) is 15.3 Å². The Balaban J connectivity index is 1.86. The van der Waals surface area contributed by atoms with Gasteiger partial charge in [0.1, 0.15) is 0 Å². The van der Waals surface area contributed by atoms with E-state index in [1.54, 1.807) is 0 Å². The summed E-state index contributed by atoms with van der Waals surface area (Å²) in [5, 5.41) is 3.78. The van der Waals surface area contributed by atoms with Gasteiger partial charge < -0.3 is 10.2 Å². The predicted molar refractivity (Wildman–Crippen MR) is 92.6 cm³/mol. The van der Waals surface area contributed by atoms with Gasteiger partial charge in [-0.25, -0.2) is 0 Å². The Morgan fingerprint density at radius 2 is 1.95 bits per heavy atom. The second kappa shape index (κ2) is 7.97. The van der Waals surface area contributed by atoms with Crippen LogP contribution in [0.2, 0.25) is 0 Å². The minimum atomic E-state index is 0.533. The van der Waals surface area contributed by atoms with Crippen molar-refractivity contribution in [3.05, 3.63) is 0 Å². The van der Waals surface area contributed by atoms with E-state index >= 15 is 0 Å². The smallest absolute Gasteiger partial charge is 0.00473 e. The van der Waals surface area contributed by atoms with E-state index in [1.165, 1.54) is 71.1 Å². The molecule has 2 aliphatic carbocycles. The SMILES string of the molecule is CC(C)CNCC1(CN(C)CC2CCC2)CCCC(C)C1. The van der Waals surface area contributed by atoms with Gasteiger partial charge in [0.25, 0.3) is 0 Å². The van der Waals surface area contributed by atoms with Crippen LogP contribution in [0.5, 0.6) is 0 Å². The van der Waals surface area contributed by atoms with Crippen molar-refractivity contribution < 1.29 is 0 Å². The molecule has 0 aromatic rings. The van der Waals surface area contributed by atoms with E-state index in [0.717, 1.165) is 17.8 Å². The van der Waals surface area contributed by atoms with Gasteiger partial charge in [0.2, 0.25) is 0 Å². The average Bonchev–Trinajstić information content (AvgIpc) is 2.33. The van der Waals surface area contributed by atoms with E-state index in [9.17, 15) is 0 Å². The molecule has 1 N–H and O–H groups in total. The summed E-state index contributed by atoms with van der Waals surface area (Å²) in [4.78, 5) is 2.65. The van der Waals surface area contributed by atoms with Crippen LogP contribution < -0.4 is 5.32 Å². The first-order valence-electron chi connectivity index (χ1n) is 9.38. The van der Waals surface area contributed by atoms with E-state index in [2.05, 4.69) is 38.0 Å². The lowest BCUT2D eigenvalue weighted by atomic mass is 9.69. The first kappa shape index (κ1) is 17.3. The number of hydrogen-bond donors (Lipinski definition) is 1. The monoisotopic (exact) mass is 294 g/mol. The highest BCUT2D eigenvalue weighted by molar-refractivity contribution is 4.90. The molecule has 0 saturated heterocycles. The second-order valence-corrected chi connectivity index (χ2v) is 8.72. The molecular formula is C19H38N2. The molecule has 0 spiro atoms. The highest BCUT2D eigenvalue weighted by Gasteiger charge is 2.36. The predicted octanol–water partition coefficient (Wildman–Crippen LogP) is 4.16. The van der Waals surface area contributed by atoms with Crippen LogP contribution in [0.1, 0.15) is 65.7 Å². The summed E-state index contributed by atoms with van der Waals surface area (Å²) in [7, 11) is 2.36. The van der Waals surface area contributed by atoms with E-state index in [-0.39, 0.29) is 0 Å². The molecule has 2 unspecified atom stereocenters. The maximum atomic E-state index is 3.78. The Morgan fingerprint density at radius 1 is 1.19 bits per heavy atom. The van der Waals surface area contributed by atoms with Gasteiger partial charge in [-0.3, -0.25) is 0 Å². The molecule has 124 valence electrons. The first-order valence-corrected chi connectivity index (χ1v) is 9.38. The second-order valence-electron chi connectivity index (χ2n) is 8.72. The van der Waals surface area contributed by atoms with Crippen molar-refractivity contribution in [1.29, 1.82) is 0 Å². The molecule has 0 aromatic carbocycles. The molecule has 0 bridgehead atoms. The van der Waals surface area contributed by atoms with Gasteiger partial charge in [0.05, 0.1) is 0 Å². The summed E-state index contributed by atoms with van der Waals surface area (Å²) >= 11 is 0. The van der Waals surface area contributed by atoms with Crippen LogP contribution in [0.15, 0.2) is 0 Å². The molecule has 0 aliphatic heterocycles. The summed E-state index contributed by atoms with van der Waals surface area (Å²) in [5.74, 6) is 2.67. The van der Waals surface area contributed by atoms with Crippen molar-refractivity contribution in [2.45, 2.75) is 65.7 Å². The fourth-order valence-electron chi connectivity index (χ4n) is 4.51. The lowest BCUT2D eigenvalue weighted by molar-refractivity contribution is 0.0761. The van der Waals surface area contributed by atoms with Gasteiger partial charge in [-0.2, -0.15) is 0 Å². The molecule has 0 amide bonds. The van der Waals surface area contributed by atoms with Crippen LogP contribution in [-0.4, -0.2) is 38.1 Å². The first-order chi connectivity index (χ1) is 9.99. The van der Waals surface area contributed by atoms with Crippen LogP contribution >= 0.6 is 0 Å². The van der Waals surface area contributed by atoms with Gasteiger partial charge in [-0.1, -0.05) is 40.0 Å². The van der Waals surface area contributed by atoms with Crippen molar-refractivity contribution >= 4 is 0 Å². The lowest BCUT2D eigenvalue weighted by Gasteiger charge is -2.44. The Hall–Kier alpha value is -0.0800. The Kier molecular flexibility index (Phi) is 6.55. The van der Waals surface area contributed by atoms with Gasteiger partial charge in [0.15, 0.2) is 0 Å². The Labute approximate surface area is 133 Å². The standard InChI is InChI=1S/C19H38N2/c1-16(2)12-20-14-19(10-6-7-17(3)11-19)15-21(4)13-18-8-5-9-18/h16-18,20H,5-15H2,1-4H3. The fraction of sp³-hybridized carbons (Fsp3) is 1.00. The van der Waals surface area contributed by atoms with Gasteiger partial charge in [-0.05, 0) is 62.4 Å². The van der Waals surface area contributed by atoms with Crippen LogP contribution in [0.3, 0.4) is 0 Å². The summed E-state index contributed by atoms with van der Waals surface area (Å²) in [6.45, 7) is 12.1. The van der Waals surface area contributed by atoms with E-state index < -0.39 is 0 Å². The molecule has 2 atom stereocenters. The maximum Gasteiger partial charge on any atom is 0.00473 e. The molecule has 0 heterocycles. The van der Waals surface area contributed by atoms with Crippen LogP contribution in [0.25, 0.3) is 0 Å². The van der Waals surface area contributed by atoms with Crippen molar-refractivity contribution in [3.63, 3.8) is 0 Å². The number of nitrogens with one attached hydrogen (secondary N) is 1. The zero-order valence-electron chi connectivity index (χ0n) is 15.0. The Bertz CT molecular complexity index is 298. The summed E-state index contributed by atoms with van der Waals surface area (Å²) in [6.07, 6.45) is 10.1. The van der Waals surface area contributed by atoms with Crippen molar-refractivity contribution in [2.75, 3.05) is 33.2 Å². The zero-order chi connectivity index (χ0) is 15.3. The average molecular weight is 295 g/mol. The summed E-state index contributed by atoms with van der Waals surface area (Å²) in [5.41, 5.74) is 0.533.